The van der Waals surface area contributed by atoms with Crippen LogP contribution in [0.15, 0.2) is 48.5 Å². The lowest BCUT2D eigenvalue weighted by molar-refractivity contribution is -0.123. The highest BCUT2D eigenvalue weighted by Gasteiger charge is 2.22. The molecule has 1 fully saturated rings. The molecule has 7 nitrogen and oxygen atoms in total. The second-order valence-electron chi connectivity index (χ2n) is 7.25. The van der Waals surface area contributed by atoms with Crippen molar-refractivity contribution in [2.24, 2.45) is 0 Å². The lowest BCUT2D eigenvalue weighted by Gasteiger charge is -2.28. The van der Waals surface area contributed by atoms with E-state index in [4.69, 9.17) is 4.74 Å². The van der Waals surface area contributed by atoms with Gasteiger partial charge in [0.05, 0.1) is 5.52 Å². The van der Waals surface area contributed by atoms with E-state index in [0.717, 1.165) is 24.3 Å². The van der Waals surface area contributed by atoms with Gasteiger partial charge < -0.3 is 15.0 Å². The number of piperidine rings is 1. The summed E-state index contributed by atoms with van der Waals surface area (Å²) in [5.74, 6) is -1.02. The van der Waals surface area contributed by atoms with Crippen LogP contribution in [0.25, 0.3) is 10.9 Å². The number of esters is 1. The molecule has 1 saturated heterocycles. The number of amides is 1. The predicted octanol–water partition coefficient (Wildman–Crippen LogP) is 3.74. The third kappa shape index (κ3) is 4.23. The van der Waals surface area contributed by atoms with Gasteiger partial charge in [0.2, 0.25) is 0 Å². The molecule has 2 heterocycles. The number of carbonyl (C=O) groups excluding carboxylic acids is 2. The van der Waals surface area contributed by atoms with Crippen LogP contribution in [0.1, 0.15) is 36.7 Å². The minimum atomic E-state index is -0.945. The first-order valence-electron chi connectivity index (χ1n) is 9.92. The van der Waals surface area contributed by atoms with Crippen molar-refractivity contribution in [2.45, 2.75) is 32.3 Å². The summed E-state index contributed by atoms with van der Waals surface area (Å²) in [5, 5.41) is 10.3. The Morgan fingerprint density at radius 2 is 1.79 bits per heavy atom. The zero-order valence-corrected chi connectivity index (χ0v) is 16.4. The number of fused-ring (bicyclic) bond motifs is 1. The first kappa shape index (κ1) is 19.0. The molecule has 3 aromatic rings. The van der Waals surface area contributed by atoms with Crippen molar-refractivity contribution in [1.29, 1.82) is 0 Å². The number of aromatic nitrogens is 2. The van der Waals surface area contributed by atoms with Gasteiger partial charge in [-0.25, -0.2) is 4.79 Å². The number of hydrogen-bond donors (Lipinski definition) is 2. The molecule has 1 aliphatic rings. The number of nitrogens with zero attached hydrogens (tertiary/aromatic N) is 2. The Kier molecular flexibility index (Phi) is 5.46. The smallest absolute Gasteiger partial charge is 0.360 e. The molecule has 1 amide bonds. The van der Waals surface area contributed by atoms with Crippen LogP contribution >= 0.6 is 0 Å². The van der Waals surface area contributed by atoms with E-state index >= 15 is 0 Å². The second-order valence-corrected chi connectivity index (χ2v) is 7.25. The van der Waals surface area contributed by atoms with Gasteiger partial charge in [-0.15, -0.1) is 0 Å². The second kappa shape index (κ2) is 8.34. The van der Waals surface area contributed by atoms with Crippen molar-refractivity contribution >= 4 is 34.2 Å². The Bertz CT molecular complexity index is 1010. The quantitative estimate of drug-likeness (QED) is 0.646. The molecule has 2 aromatic carbocycles. The first-order chi connectivity index (χ1) is 14.1. The van der Waals surface area contributed by atoms with Crippen molar-refractivity contribution < 1.29 is 14.3 Å². The highest BCUT2D eigenvalue weighted by atomic mass is 16.5. The molecule has 4 rings (SSSR count). The van der Waals surface area contributed by atoms with E-state index in [-0.39, 0.29) is 11.6 Å². The number of para-hydroxylation sites is 1. The fourth-order valence-corrected chi connectivity index (χ4v) is 3.54. The summed E-state index contributed by atoms with van der Waals surface area (Å²) >= 11 is 0. The minimum Gasteiger partial charge on any atom is -0.448 e. The summed E-state index contributed by atoms with van der Waals surface area (Å²) in [7, 11) is 0. The van der Waals surface area contributed by atoms with Gasteiger partial charge in [-0.2, -0.15) is 5.10 Å². The summed E-state index contributed by atoms with van der Waals surface area (Å²) in [6, 6.07) is 15.0. The van der Waals surface area contributed by atoms with Gasteiger partial charge in [-0.05, 0) is 56.5 Å². The van der Waals surface area contributed by atoms with Gasteiger partial charge in [0.15, 0.2) is 11.8 Å². The number of carbonyl (C=O) groups is 2. The number of nitrogens with one attached hydrogen (secondary N) is 2. The molecule has 0 radical (unpaired) electrons. The number of hydrogen-bond acceptors (Lipinski definition) is 5. The SMILES string of the molecule is C[C@H](OC(=O)c1n[nH]c2ccccc12)C(=O)Nc1ccc(N2CCCCC2)cc1. The fraction of sp³-hybridized carbons (Fsp3) is 0.318. The van der Waals surface area contributed by atoms with Crippen molar-refractivity contribution in [3.05, 3.63) is 54.2 Å². The van der Waals surface area contributed by atoms with E-state index in [0.29, 0.717) is 11.1 Å². The Labute approximate surface area is 169 Å². The molecule has 1 aliphatic heterocycles. The maximum atomic E-state index is 12.4. The van der Waals surface area contributed by atoms with E-state index in [1.54, 1.807) is 13.0 Å². The third-order valence-corrected chi connectivity index (χ3v) is 5.17. The molecule has 1 aromatic heterocycles. The topological polar surface area (TPSA) is 87.3 Å². The molecule has 1 atom stereocenters. The lowest BCUT2D eigenvalue weighted by Crippen LogP contribution is -2.30. The lowest BCUT2D eigenvalue weighted by atomic mass is 10.1. The van der Waals surface area contributed by atoms with Crippen LogP contribution in [0.4, 0.5) is 11.4 Å². The number of rotatable bonds is 5. The van der Waals surface area contributed by atoms with Crippen molar-refractivity contribution in [3.63, 3.8) is 0 Å². The Morgan fingerprint density at radius 3 is 2.55 bits per heavy atom. The highest BCUT2D eigenvalue weighted by Crippen LogP contribution is 2.22. The zero-order valence-electron chi connectivity index (χ0n) is 16.4. The van der Waals surface area contributed by atoms with Crippen LogP contribution in [0.3, 0.4) is 0 Å². The van der Waals surface area contributed by atoms with Crippen molar-refractivity contribution in [1.82, 2.24) is 10.2 Å². The van der Waals surface area contributed by atoms with Gasteiger partial charge in [0, 0.05) is 29.9 Å². The Balaban J connectivity index is 1.36. The third-order valence-electron chi connectivity index (χ3n) is 5.17. The number of anilines is 2. The monoisotopic (exact) mass is 392 g/mol. The molecule has 150 valence electrons. The van der Waals surface area contributed by atoms with Crippen molar-refractivity contribution in [3.8, 4) is 0 Å². The number of aromatic amines is 1. The molecular weight excluding hydrogens is 368 g/mol. The molecule has 0 saturated carbocycles. The van der Waals surface area contributed by atoms with Crippen LogP contribution in [0, 0.1) is 0 Å². The molecule has 7 heteroatoms. The fourth-order valence-electron chi connectivity index (χ4n) is 3.54. The van der Waals surface area contributed by atoms with Crippen LogP contribution in [-0.2, 0) is 9.53 Å². The van der Waals surface area contributed by atoms with Gasteiger partial charge in [0.25, 0.3) is 5.91 Å². The Hall–Kier alpha value is -3.35. The summed E-state index contributed by atoms with van der Waals surface area (Å²) in [5.41, 5.74) is 2.74. The molecule has 0 unspecified atom stereocenters. The Morgan fingerprint density at radius 1 is 1.07 bits per heavy atom. The predicted molar refractivity (Wildman–Crippen MR) is 112 cm³/mol. The van der Waals surface area contributed by atoms with Crippen LogP contribution in [0.2, 0.25) is 0 Å². The van der Waals surface area contributed by atoms with Crippen molar-refractivity contribution in [2.75, 3.05) is 23.3 Å². The largest absolute Gasteiger partial charge is 0.448 e. The van der Waals surface area contributed by atoms with Gasteiger partial charge in [-0.3, -0.25) is 9.89 Å². The average molecular weight is 392 g/mol. The summed E-state index contributed by atoms with van der Waals surface area (Å²) in [6.45, 7) is 3.69. The van der Waals surface area contributed by atoms with Gasteiger partial charge in [-0.1, -0.05) is 18.2 Å². The van der Waals surface area contributed by atoms with Crippen LogP contribution in [-0.4, -0.2) is 41.3 Å². The number of H-pyrrole nitrogens is 1. The standard InChI is InChI=1S/C22H24N4O3/c1-15(29-22(28)20-18-7-3-4-8-19(18)24-25-20)21(27)23-16-9-11-17(12-10-16)26-13-5-2-6-14-26/h3-4,7-12,15H,2,5-6,13-14H2,1H3,(H,23,27)(H,24,25)/t15-/m0/s1. The summed E-state index contributed by atoms with van der Waals surface area (Å²) in [6.07, 6.45) is 2.77. The number of benzene rings is 2. The zero-order chi connectivity index (χ0) is 20.2. The molecule has 29 heavy (non-hydrogen) atoms. The van der Waals surface area contributed by atoms with E-state index < -0.39 is 12.1 Å². The highest BCUT2D eigenvalue weighted by molar-refractivity contribution is 6.03. The maximum Gasteiger partial charge on any atom is 0.360 e. The molecule has 2 N–H and O–H groups in total. The van der Waals surface area contributed by atoms with E-state index in [2.05, 4.69) is 20.4 Å². The van der Waals surface area contributed by atoms with Crippen LogP contribution in [0.5, 0.6) is 0 Å². The van der Waals surface area contributed by atoms with E-state index in [1.807, 2.05) is 42.5 Å². The molecule has 0 bridgehead atoms. The molecule has 0 spiro atoms. The minimum absolute atomic E-state index is 0.172. The van der Waals surface area contributed by atoms with Gasteiger partial charge in [0.1, 0.15) is 0 Å². The van der Waals surface area contributed by atoms with Crippen LogP contribution < -0.4 is 10.2 Å². The van der Waals surface area contributed by atoms with Gasteiger partial charge >= 0.3 is 5.97 Å². The van der Waals surface area contributed by atoms with E-state index in [1.165, 1.54) is 19.3 Å². The normalized spacial score (nSPS) is 15.1. The first-order valence-corrected chi connectivity index (χ1v) is 9.92. The average Bonchev–Trinajstić information content (AvgIpc) is 3.19. The van der Waals surface area contributed by atoms with E-state index in [9.17, 15) is 9.59 Å². The summed E-state index contributed by atoms with van der Waals surface area (Å²) < 4.78 is 5.31. The number of ether oxygens (including phenoxy) is 1. The molecule has 0 aliphatic carbocycles. The molecular formula is C22H24N4O3. The maximum absolute atomic E-state index is 12.4. The summed E-state index contributed by atoms with van der Waals surface area (Å²) in [4.78, 5) is 27.2.